The van der Waals surface area contributed by atoms with E-state index in [4.69, 9.17) is 5.73 Å². The molecule has 43 heavy (non-hydrogen) atoms. The first-order valence-electron chi connectivity index (χ1n) is 14.8. The van der Waals surface area contributed by atoms with E-state index in [2.05, 4.69) is 47.3 Å². The highest BCUT2D eigenvalue weighted by molar-refractivity contribution is 6.05. The predicted molar refractivity (Wildman–Crippen MR) is 176 cm³/mol. The van der Waals surface area contributed by atoms with Crippen molar-refractivity contribution in [1.29, 1.82) is 0 Å². The van der Waals surface area contributed by atoms with Crippen LogP contribution in [0.25, 0.3) is 6.08 Å². The SMILES string of the molecule is CN(C)c1ccc(/C=C/C2=[N+](CCCCCC(=O)NCCN)c3ccc(Nc4ccccc4)cc3C2(C)C)c([N+](=O)[O-])c1. The molecule has 1 heterocycles. The minimum atomic E-state index is -0.347. The van der Waals surface area contributed by atoms with Crippen LogP contribution in [0.15, 0.2) is 72.8 Å². The molecule has 4 rings (SSSR count). The molecule has 0 aliphatic carbocycles. The third-order valence-electron chi connectivity index (χ3n) is 7.85. The lowest BCUT2D eigenvalue weighted by molar-refractivity contribution is -0.438. The molecule has 0 saturated carbocycles. The monoisotopic (exact) mass is 583 g/mol. The maximum Gasteiger partial charge on any atom is 0.278 e. The van der Waals surface area contributed by atoms with Crippen molar-refractivity contribution in [2.75, 3.05) is 43.9 Å². The van der Waals surface area contributed by atoms with Gasteiger partial charge in [0.05, 0.1) is 15.9 Å². The summed E-state index contributed by atoms with van der Waals surface area (Å²) in [6, 6.07) is 21.8. The van der Waals surface area contributed by atoms with Crippen LogP contribution < -0.4 is 21.3 Å². The highest BCUT2D eigenvalue weighted by atomic mass is 16.6. The molecule has 0 saturated heterocycles. The van der Waals surface area contributed by atoms with E-state index in [1.807, 2.05) is 73.6 Å². The largest absolute Gasteiger partial charge is 0.377 e. The van der Waals surface area contributed by atoms with Gasteiger partial charge in [0.2, 0.25) is 11.6 Å². The molecule has 9 nitrogen and oxygen atoms in total. The third-order valence-corrected chi connectivity index (χ3v) is 7.85. The van der Waals surface area contributed by atoms with Crippen LogP contribution in [0.2, 0.25) is 0 Å². The van der Waals surface area contributed by atoms with Crippen LogP contribution in [0.1, 0.15) is 50.7 Å². The number of para-hydroxylation sites is 1. The van der Waals surface area contributed by atoms with E-state index in [0.717, 1.165) is 54.3 Å². The number of hydrogen-bond acceptors (Lipinski definition) is 6. The maximum absolute atomic E-state index is 12.0. The van der Waals surface area contributed by atoms with Crippen molar-refractivity contribution in [2.45, 2.75) is 44.9 Å². The number of nitrogens with zero attached hydrogens (tertiary/aromatic N) is 3. The van der Waals surface area contributed by atoms with Crippen molar-refractivity contribution in [3.63, 3.8) is 0 Å². The standard InChI is InChI=1S/C34H42N6O3/c1-34(2)29-23-27(37-26-11-7-5-8-12-26)16-18-30(29)39(22-10-6-9-13-33(41)36-21-20-35)32(34)19-15-25-14-17-28(38(3)4)24-31(25)40(42)43/h5,7-8,11-12,14-19,23-24,37H,6,9-10,13,20-22,35H2,1-4H3/p+1. The molecule has 4 N–H and O–H groups in total. The molecule has 0 radical (unpaired) electrons. The van der Waals surface area contributed by atoms with E-state index in [1.54, 1.807) is 6.07 Å². The highest BCUT2D eigenvalue weighted by Crippen LogP contribution is 2.42. The molecule has 0 spiro atoms. The first kappa shape index (κ1) is 31.4. The number of unbranched alkanes of at least 4 members (excludes halogenated alkanes) is 2. The molecule has 3 aromatic carbocycles. The summed E-state index contributed by atoms with van der Waals surface area (Å²) in [5.41, 5.74) is 12.0. The number of nitrogens with one attached hydrogen (secondary N) is 2. The van der Waals surface area contributed by atoms with Crippen LogP contribution in [-0.4, -0.2) is 54.8 Å². The number of nitro groups is 1. The summed E-state index contributed by atoms with van der Waals surface area (Å²) in [5.74, 6) is 0.0358. The number of fused-ring (bicyclic) bond motifs is 1. The van der Waals surface area contributed by atoms with Gasteiger partial charge in [0.15, 0.2) is 5.71 Å². The number of amides is 1. The van der Waals surface area contributed by atoms with Crippen LogP contribution in [0, 0.1) is 10.1 Å². The Hall–Kier alpha value is -4.50. The number of benzene rings is 3. The molecule has 9 heteroatoms. The topological polar surface area (TPSA) is 117 Å². The van der Waals surface area contributed by atoms with E-state index in [1.165, 1.54) is 5.56 Å². The van der Waals surface area contributed by atoms with Crippen molar-refractivity contribution in [3.8, 4) is 0 Å². The fourth-order valence-corrected chi connectivity index (χ4v) is 5.49. The number of carbonyl (C=O) groups is 1. The number of anilines is 3. The Kier molecular flexibility index (Phi) is 10.3. The molecule has 0 aromatic heterocycles. The van der Waals surface area contributed by atoms with Crippen LogP contribution in [0.4, 0.5) is 28.4 Å². The molecule has 1 amide bonds. The van der Waals surface area contributed by atoms with E-state index in [9.17, 15) is 14.9 Å². The average Bonchev–Trinajstić information content (AvgIpc) is 3.19. The Labute approximate surface area is 254 Å². The van der Waals surface area contributed by atoms with E-state index in [-0.39, 0.29) is 21.9 Å². The third kappa shape index (κ3) is 7.67. The number of carbonyl (C=O) groups excluding carboxylic acids is 1. The second kappa shape index (κ2) is 14.1. The minimum absolute atomic E-state index is 0.0358. The first-order valence-corrected chi connectivity index (χ1v) is 14.8. The van der Waals surface area contributed by atoms with Crippen molar-refractivity contribution in [2.24, 2.45) is 5.73 Å². The molecular formula is C34H43N6O3+. The second-order valence-electron chi connectivity index (χ2n) is 11.6. The van der Waals surface area contributed by atoms with Crippen molar-refractivity contribution in [3.05, 3.63) is 94.0 Å². The summed E-state index contributed by atoms with van der Waals surface area (Å²) in [6.07, 6.45) is 6.99. The van der Waals surface area contributed by atoms with Crippen LogP contribution >= 0.6 is 0 Å². The summed E-state index contributed by atoms with van der Waals surface area (Å²) in [6.45, 7) is 6.10. The Balaban J connectivity index is 1.64. The van der Waals surface area contributed by atoms with Crippen LogP contribution in [0.5, 0.6) is 0 Å². The summed E-state index contributed by atoms with van der Waals surface area (Å²) < 4.78 is 2.33. The van der Waals surface area contributed by atoms with Gasteiger partial charge in [-0.1, -0.05) is 18.2 Å². The first-order chi connectivity index (χ1) is 20.6. The van der Waals surface area contributed by atoms with Gasteiger partial charge >= 0.3 is 0 Å². The van der Waals surface area contributed by atoms with Crippen molar-refractivity contribution >= 4 is 46.1 Å². The summed E-state index contributed by atoms with van der Waals surface area (Å²) in [4.78, 5) is 25.5. The average molecular weight is 584 g/mol. The van der Waals surface area contributed by atoms with Crippen molar-refractivity contribution in [1.82, 2.24) is 5.32 Å². The quantitative estimate of drug-likeness (QED) is 0.0910. The molecule has 1 aliphatic rings. The van der Waals surface area contributed by atoms with Gasteiger partial charge in [-0.3, -0.25) is 14.9 Å². The second-order valence-corrected chi connectivity index (χ2v) is 11.6. The number of allylic oxidation sites excluding steroid dienone is 1. The Bertz CT molecular complexity index is 1510. The fourth-order valence-electron chi connectivity index (χ4n) is 5.49. The number of nitro benzene ring substituents is 1. The molecule has 0 unspecified atom stereocenters. The van der Waals surface area contributed by atoms with Crippen molar-refractivity contribution < 1.29 is 14.3 Å². The molecule has 0 fully saturated rings. The molecule has 0 bridgehead atoms. The Morgan fingerprint density at radius 3 is 2.47 bits per heavy atom. The van der Waals surface area contributed by atoms with Gasteiger partial charge in [-0.15, -0.1) is 0 Å². The lowest BCUT2D eigenvalue weighted by Gasteiger charge is -2.17. The summed E-state index contributed by atoms with van der Waals surface area (Å²) in [7, 11) is 3.74. The zero-order valence-corrected chi connectivity index (χ0v) is 25.6. The van der Waals surface area contributed by atoms with Crippen LogP contribution in [0.3, 0.4) is 0 Å². The lowest BCUT2D eigenvalue weighted by atomic mass is 9.81. The van der Waals surface area contributed by atoms with Gasteiger partial charge in [-0.05, 0) is 69.2 Å². The van der Waals surface area contributed by atoms with Gasteiger partial charge in [0, 0.05) is 80.9 Å². The Morgan fingerprint density at radius 1 is 1.00 bits per heavy atom. The van der Waals surface area contributed by atoms with Gasteiger partial charge < -0.3 is 21.3 Å². The number of hydrogen-bond donors (Lipinski definition) is 3. The molecule has 0 atom stereocenters. The van der Waals surface area contributed by atoms with Gasteiger partial charge in [0.1, 0.15) is 6.54 Å². The molecule has 3 aromatic rings. The number of rotatable bonds is 14. The summed E-state index contributed by atoms with van der Waals surface area (Å²) >= 11 is 0. The zero-order chi connectivity index (χ0) is 31.0. The molecular weight excluding hydrogens is 540 g/mol. The normalized spacial score (nSPS) is 13.7. The van der Waals surface area contributed by atoms with E-state index in [0.29, 0.717) is 25.1 Å². The molecule has 226 valence electrons. The molecule has 1 aliphatic heterocycles. The lowest BCUT2D eigenvalue weighted by Crippen LogP contribution is -2.28. The smallest absolute Gasteiger partial charge is 0.278 e. The fraction of sp³-hybridized carbons (Fsp3) is 0.353. The van der Waals surface area contributed by atoms with Gasteiger partial charge in [0.25, 0.3) is 5.69 Å². The maximum atomic E-state index is 12.0. The Morgan fingerprint density at radius 2 is 1.77 bits per heavy atom. The number of nitrogens with two attached hydrogens (primary N) is 1. The van der Waals surface area contributed by atoms with E-state index >= 15 is 0 Å². The highest BCUT2D eigenvalue weighted by Gasteiger charge is 2.44. The van der Waals surface area contributed by atoms with Crippen LogP contribution in [-0.2, 0) is 10.2 Å². The van der Waals surface area contributed by atoms with Gasteiger partial charge in [-0.25, -0.2) is 0 Å². The predicted octanol–water partition coefficient (Wildman–Crippen LogP) is 6.13. The zero-order valence-electron chi connectivity index (χ0n) is 25.6. The minimum Gasteiger partial charge on any atom is -0.377 e. The van der Waals surface area contributed by atoms with Gasteiger partial charge in [-0.2, -0.15) is 4.58 Å². The summed E-state index contributed by atoms with van der Waals surface area (Å²) in [5, 5.41) is 18.3. The van der Waals surface area contributed by atoms with E-state index < -0.39 is 0 Å².